The highest BCUT2D eigenvalue weighted by molar-refractivity contribution is 6.30. The molecule has 0 bridgehead atoms. The molecule has 1 atom stereocenters. The van der Waals surface area contributed by atoms with Crippen molar-refractivity contribution in [3.63, 3.8) is 0 Å². The van der Waals surface area contributed by atoms with E-state index in [0.29, 0.717) is 16.8 Å². The third-order valence-electron chi connectivity index (χ3n) is 2.99. The summed E-state index contributed by atoms with van der Waals surface area (Å²) in [6.07, 6.45) is 2.40. The smallest absolute Gasteiger partial charge is 0.171 e. The molecular formula is C12H13ClN4. The third-order valence-corrected chi connectivity index (χ3v) is 3.24. The molecule has 0 aliphatic heterocycles. The maximum absolute atomic E-state index is 6.11. The number of nitrogens with zero attached hydrogens (tertiary/aromatic N) is 2. The van der Waals surface area contributed by atoms with E-state index < -0.39 is 0 Å². The van der Waals surface area contributed by atoms with Crippen LogP contribution in [0.25, 0.3) is 0 Å². The number of hydrogen-bond donors (Lipinski definition) is 2. The van der Waals surface area contributed by atoms with Crippen LogP contribution < -0.4 is 5.73 Å². The van der Waals surface area contributed by atoms with Crippen molar-refractivity contribution in [1.29, 1.82) is 0 Å². The molecule has 1 heterocycles. The first-order valence-electron chi connectivity index (χ1n) is 5.67. The molecule has 0 spiro atoms. The molecule has 3 rings (SSSR count). The maximum Gasteiger partial charge on any atom is 0.171 e. The Morgan fingerprint density at radius 3 is 2.65 bits per heavy atom. The number of H-pyrrole nitrogens is 1. The molecule has 17 heavy (non-hydrogen) atoms. The molecule has 1 aliphatic carbocycles. The lowest BCUT2D eigenvalue weighted by atomic mass is 10.1. The summed E-state index contributed by atoms with van der Waals surface area (Å²) in [7, 11) is 0. The Morgan fingerprint density at radius 2 is 2.00 bits per heavy atom. The summed E-state index contributed by atoms with van der Waals surface area (Å²) in [5.74, 6) is 2.17. The van der Waals surface area contributed by atoms with Gasteiger partial charge in [0.2, 0.25) is 0 Å². The second kappa shape index (κ2) is 4.13. The predicted molar refractivity (Wildman–Crippen MR) is 65.8 cm³/mol. The second-order valence-electron chi connectivity index (χ2n) is 4.38. The molecule has 0 amide bonds. The maximum atomic E-state index is 6.11. The van der Waals surface area contributed by atoms with Crippen LogP contribution in [0.1, 0.15) is 42.0 Å². The zero-order valence-corrected chi connectivity index (χ0v) is 9.98. The normalized spacial score (nSPS) is 17.1. The van der Waals surface area contributed by atoms with Crippen molar-refractivity contribution in [2.45, 2.75) is 24.8 Å². The number of benzene rings is 1. The van der Waals surface area contributed by atoms with Crippen molar-refractivity contribution < 1.29 is 0 Å². The fourth-order valence-electron chi connectivity index (χ4n) is 1.79. The standard InChI is InChI=1S/C12H13ClN4/c13-9-5-3-7(4-6-9)10(14)12-15-11(16-17-12)8-1-2-8/h3-6,8,10H,1-2,14H2,(H,15,16,17)/t10-/m0/s1. The van der Waals surface area contributed by atoms with E-state index in [2.05, 4.69) is 15.2 Å². The summed E-state index contributed by atoms with van der Waals surface area (Å²) < 4.78 is 0. The van der Waals surface area contributed by atoms with Crippen LogP contribution >= 0.6 is 11.6 Å². The highest BCUT2D eigenvalue weighted by Gasteiger charge is 2.28. The summed E-state index contributed by atoms with van der Waals surface area (Å²) in [6.45, 7) is 0. The second-order valence-corrected chi connectivity index (χ2v) is 4.82. The zero-order valence-electron chi connectivity index (χ0n) is 9.23. The summed E-state index contributed by atoms with van der Waals surface area (Å²) in [5.41, 5.74) is 7.08. The molecule has 88 valence electrons. The van der Waals surface area contributed by atoms with Gasteiger partial charge in [-0.2, -0.15) is 5.10 Å². The van der Waals surface area contributed by atoms with Gasteiger partial charge in [0.1, 0.15) is 5.82 Å². The van der Waals surface area contributed by atoms with Crippen molar-refractivity contribution >= 4 is 11.6 Å². The van der Waals surface area contributed by atoms with Crippen molar-refractivity contribution in [3.05, 3.63) is 46.5 Å². The molecule has 0 unspecified atom stereocenters. The molecule has 0 saturated heterocycles. The monoisotopic (exact) mass is 248 g/mol. The Kier molecular flexibility index (Phi) is 2.61. The minimum atomic E-state index is -0.295. The first-order chi connectivity index (χ1) is 8.24. The number of halogens is 1. The molecule has 0 radical (unpaired) electrons. The molecule has 1 fully saturated rings. The van der Waals surface area contributed by atoms with Gasteiger partial charge in [-0.25, -0.2) is 4.98 Å². The lowest BCUT2D eigenvalue weighted by Crippen LogP contribution is -2.13. The molecule has 1 aromatic carbocycles. The number of aromatic amines is 1. The Labute approximate surface area is 104 Å². The topological polar surface area (TPSA) is 67.6 Å². The zero-order chi connectivity index (χ0) is 11.8. The number of nitrogens with one attached hydrogen (secondary N) is 1. The first kappa shape index (κ1) is 10.7. The highest BCUT2D eigenvalue weighted by atomic mass is 35.5. The van der Waals surface area contributed by atoms with E-state index in [1.807, 2.05) is 24.3 Å². The fraction of sp³-hybridized carbons (Fsp3) is 0.333. The molecule has 3 N–H and O–H groups in total. The largest absolute Gasteiger partial charge is 0.318 e. The lowest BCUT2D eigenvalue weighted by Gasteiger charge is -2.07. The summed E-state index contributed by atoms with van der Waals surface area (Å²) in [6, 6.07) is 7.16. The van der Waals surface area contributed by atoms with Gasteiger partial charge in [0.15, 0.2) is 5.82 Å². The van der Waals surface area contributed by atoms with Gasteiger partial charge in [0, 0.05) is 10.9 Å². The Morgan fingerprint density at radius 1 is 1.29 bits per heavy atom. The van der Waals surface area contributed by atoms with Crippen molar-refractivity contribution in [3.8, 4) is 0 Å². The molecule has 2 aromatic rings. The molecule has 4 nitrogen and oxygen atoms in total. The van der Waals surface area contributed by atoms with Crippen LogP contribution in [0.5, 0.6) is 0 Å². The average Bonchev–Trinajstić information content (AvgIpc) is 3.07. The highest BCUT2D eigenvalue weighted by Crippen LogP contribution is 2.38. The van der Waals surface area contributed by atoms with Gasteiger partial charge < -0.3 is 5.73 Å². The first-order valence-corrected chi connectivity index (χ1v) is 6.05. The lowest BCUT2D eigenvalue weighted by molar-refractivity contribution is 0.787. The Balaban J connectivity index is 1.84. The molecular weight excluding hydrogens is 236 g/mol. The van der Waals surface area contributed by atoms with Crippen LogP contribution in [-0.4, -0.2) is 15.2 Å². The SMILES string of the molecule is N[C@@H](c1ccc(Cl)cc1)c1n[nH]c(C2CC2)n1. The van der Waals surface area contributed by atoms with Gasteiger partial charge in [-0.05, 0) is 30.5 Å². The molecule has 1 aliphatic rings. The number of rotatable bonds is 3. The summed E-state index contributed by atoms with van der Waals surface area (Å²) in [5, 5.41) is 7.85. The quantitative estimate of drug-likeness (QED) is 0.876. The van der Waals surface area contributed by atoms with Crippen LogP contribution in [0.4, 0.5) is 0 Å². The minimum absolute atomic E-state index is 0.295. The van der Waals surface area contributed by atoms with Crippen LogP contribution in [-0.2, 0) is 0 Å². The predicted octanol–water partition coefficient (Wildman–Crippen LogP) is 2.38. The third kappa shape index (κ3) is 2.18. The minimum Gasteiger partial charge on any atom is -0.318 e. The van der Waals surface area contributed by atoms with E-state index >= 15 is 0 Å². The molecule has 1 saturated carbocycles. The van der Waals surface area contributed by atoms with Crippen LogP contribution in [0.3, 0.4) is 0 Å². The van der Waals surface area contributed by atoms with Crippen LogP contribution in [0, 0.1) is 0 Å². The van der Waals surface area contributed by atoms with Gasteiger partial charge in [-0.3, -0.25) is 5.10 Å². The van der Waals surface area contributed by atoms with Gasteiger partial charge in [0.05, 0.1) is 6.04 Å². The molecule has 1 aromatic heterocycles. The van der Waals surface area contributed by atoms with Crippen molar-refractivity contribution in [2.75, 3.05) is 0 Å². The van der Waals surface area contributed by atoms with Gasteiger partial charge >= 0.3 is 0 Å². The van der Waals surface area contributed by atoms with E-state index in [0.717, 1.165) is 11.4 Å². The summed E-state index contributed by atoms with van der Waals surface area (Å²) in [4.78, 5) is 4.45. The van der Waals surface area contributed by atoms with E-state index in [-0.39, 0.29) is 6.04 Å². The van der Waals surface area contributed by atoms with E-state index in [1.165, 1.54) is 12.8 Å². The van der Waals surface area contributed by atoms with Gasteiger partial charge in [0.25, 0.3) is 0 Å². The Bertz CT molecular complexity index is 516. The van der Waals surface area contributed by atoms with Gasteiger partial charge in [-0.15, -0.1) is 0 Å². The van der Waals surface area contributed by atoms with E-state index in [9.17, 15) is 0 Å². The fourth-order valence-corrected chi connectivity index (χ4v) is 1.91. The van der Waals surface area contributed by atoms with Crippen LogP contribution in [0.15, 0.2) is 24.3 Å². The van der Waals surface area contributed by atoms with Gasteiger partial charge in [-0.1, -0.05) is 23.7 Å². The Hall–Kier alpha value is -1.39. The molecule has 5 heteroatoms. The average molecular weight is 249 g/mol. The van der Waals surface area contributed by atoms with Crippen LogP contribution in [0.2, 0.25) is 5.02 Å². The van der Waals surface area contributed by atoms with E-state index in [1.54, 1.807) is 0 Å². The van der Waals surface area contributed by atoms with Crippen molar-refractivity contribution in [1.82, 2.24) is 15.2 Å². The van der Waals surface area contributed by atoms with E-state index in [4.69, 9.17) is 17.3 Å². The summed E-state index contributed by atoms with van der Waals surface area (Å²) >= 11 is 5.84. The van der Waals surface area contributed by atoms with Crippen molar-refractivity contribution in [2.24, 2.45) is 5.73 Å². The number of nitrogens with two attached hydrogens (primary N) is 1. The number of hydrogen-bond acceptors (Lipinski definition) is 3. The number of aromatic nitrogens is 3.